The van der Waals surface area contributed by atoms with Crippen molar-refractivity contribution in [3.8, 4) is 5.75 Å². The molecular weight excluding hydrogens is 324 g/mol. The molecule has 8 heteroatoms. The molecule has 1 atom stereocenters. The Morgan fingerprint density at radius 1 is 1.24 bits per heavy atom. The van der Waals surface area contributed by atoms with Gasteiger partial charge < -0.3 is 14.5 Å². The van der Waals surface area contributed by atoms with E-state index in [4.69, 9.17) is 9.15 Å². The maximum absolute atomic E-state index is 12.7. The van der Waals surface area contributed by atoms with E-state index in [1.807, 2.05) is 24.3 Å². The van der Waals surface area contributed by atoms with Gasteiger partial charge in [0.15, 0.2) is 0 Å². The molecular formula is C17H20N4O4. The molecule has 0 spiro atoms. The van der Waals surface area contributed by atoms with Gasteiger partial charge >= 0.3 is 6.03 Å². The van der Waals surface area contributed by atoms with Crippen molar-refractivity contribution in [1.82, 2.24) is 20.4 Å². The van der Waals surface area contributed by atoms with Gasteiger partial charge in [-0.3, -0.25) is 9.69 Å². The number of amides is 3. The van der Waals surface area contributed by atoms with Crippen LogP contribution in [0.5, 0.6) is 5.75 Å². The summed E-state index contributed by atoms with van der Waals surface area (Å²) in [5, 5.41) is 10.3. The van der Waals surface area contributed by atoms with Crippen molar-refractivity contribution in [3.05, 3.63) is 41.6 Å². The number of hydrogen-bond acceptors (Lipinski definition) is 6. The second-order valence-electron chi connectivity index (χ2n) is 6.22. The van der Waals surface area contributed by atoms with Crippen LogP contribution in [-0.4, -0.2) is 39.7 Å². The number of benzene rings is 1. The summed E-state index contributed by atoms with van der Waals surface area (Å²) in [7, 11) is 1.61. The summed E-state index contributed by atoms with van der Waals surface area (Å²) in [6, 6.07) is 7.19. The fourth-order valence-corrected chi connectivity index (χ4v) is 2.78. The molecule has 1 fully saturated rings. The molecule has 1 aliphatic rings. The molecule has 1 aromatic carbocycles. The van der Waals surface area contributed by atoms with E-state index in [-0.39, 0.29) is 18.3 Å². The van der Waals surface area contributed by atoms with Gasteiger partial charge in [0.25, 0.3) is 5.91 Å². The van der Waals surface area contributed by atoms with Gasteiger partial charge in [-0.25, -0.2) is 4.79 Å². The summed E-state index contributed by atoms with van der Waals surface area (Å²) >= 11 is 0. The van der Waals surface area contributed by atoms with Crippen LogP contribution in [0.1, 0.15) is 30.7 Å². The Morgan fingerprint density at radius 2 is 1.96 bits per heavy atom. The van der Waals surface area contributed by atoms with E-state index in [0.717, 1.165) is 16.2 Å². The molecule has 0 bridgehead atoms. The van der Waals surface area contributed by atoms with Crippen molar-refractivity contribution in [2.75, 3.05) is 7.11 Å². The Morgan fingerprint density at radius 3 is 2.56 bits per heavy atom. The van der Waals surface area contributed by atoms with Crippen LogP contribution in [0.4, 0.5) is 4.79 Å². The lowest BCUT2D eigenvalue weighted by molar-refractivity contribution is -0.131. The van der Waals surface area contributed by atoms with Crippen LogP contribution in [0, 0.1) is 6.92 Å². The van der Waals surface area contributed by atoms with Crippen LogP contribution in [0.25, 0.3) is 0 Å². The first kappa shape index (κ1) is 16.9. The van der Waals surface area contributed by atoms with Gasteiger partial charge in [-0.15, -0.1) is 10.2 Å². The summed E-state index contributed by atoms with van der Waals surface area (Å²) < 4.78 is 10.4. The highest BCUT2D eigenvalue weighted by Gasteiger charge is 2.47. The fourth-order valence-electron chi connectivity index (χ4n) is 2.78. The molecule has 8 nitrogen and oxygen atoms in total. The second-order valence-corrected chi connectivity index (χ2v) is 6.22. The molecule has 0 unspecified atom stereocenters. The van der Waals surface area contributed by atoms with Gasteiger partial charge in [-0.1, -0.05) is 12.1 Å². The number of nitrogens with one attached hydrogen (secondary N) is 1. The largest absolute Gasteiger partial charge is 0.497 e. The molecule has 0 saturated carbocycles. The molecule has 3 rings (SSSR count). The van der Waals surface area contributed by atoms with E-state index in [2.05, 4.69) is 15.5 Å². The maximum atomic E-state index is 12.7. The average molecular weight is 344 g/mol. The topological polar surface area (TPSA) is 97.6 Å². The number of rotatable bonds is 6. The summed E-state index contributed by atoms with van der Waals surface area (Å²) in [5.41, 5.74) is 0.113. The standard InChI is InChI=1S/C17H20N4O4/c1-11-19-20-14(25-11)10-21-15(22)17(2,18-16(21)23)9-8-12-4-6-13(24-3)7-5-12/h4-7H,8-10H2,1-3H3,(H,18,23)/t17-/m0/s1. The molecule has 2 aromatic rings. The third-order valence-corrected chi connectivity index (χ3v) is 4.28. The van der Waals surface area contributed by atoms with E-state index < -0.39 is 11.6 Å². The van der Waals surface area contributed by atoms with Gasteiger partial charge in [0.05, 0.1) is 7.11 Å². The number of carbonyl (C=O) groups excluding carboxylic acids is 2. The zero-order chi connectivity index (χ0) is 18.0. The summed E-state index contributed by atoms with van der Waals surface area (Å²) in [4.78, 5) is 26.0. The molecule has 1 N–H and O–H groups in total. The van der Waals surface area contributed by atoms with Crippen molar-refractivity contribution in [1.29, 1.82) is 0 Å². The van der Waals surface area contributed by atoms with Gasteiger partial charge in [-0.05, 0) is 37.5 Å². The van der Waals surface area contributed by atoms with E-state index in [0.29, 0.717) is 18.7 Å². The minimum Gasteiger partial charge on any atom is -0.497 e. The summed E-state index contributed by atoms with van der Waals surface area (Å²) in [6.07, 6.45) is 1.14. The molecule has 1 aromatic heterocycles. The molecule has 1 saturated heterocycles. The van der Waals surface area contributed by atoms with Crippen LogP contribution in [-0.2, 0) is 17.8 Å². The molecule has 2 heterocycles. The number of hydrogen-bond donors (Lipinski definition) is 1. The van der Waals surface area contributed by atoms with Gasteiger partial charge in [0.1, 0.15) is 17.8 Å². The minimum atomic E-state index is -0.952. The Balaban J connectivity index is 1.66. The van der Waals surface area contributed by atoms with E-state index >= 15 is 0 Å². The van der Waals surface area contributed by atoms with Crippen molar-refractivity contribution in [3.63, 3.8) is 0 Å². The highest BCUT2D eigenvalue weighted by molar-refractivity contribution is 6.06. The van der Waals surface area contributed by atoms with E-state index in [9.17, 15) is 9.59 Å². The van der Waals surface area contributed by atoms with Crippen LogP contribution >= 0.6 is 0 Å². The molecule has 25 heavy (non-hydrogen) atoms. The van der Waals surface area contributed by atoms with Crippen molar-refractivity contribution < 1.29 is 18.7 Å². The number of aryl methyl sites for hydroxylation is 2. The normalized spacial score (nSPS) is 20.0. The highest BCUT2D eigenvalue weighted by atomic mass is 16.5. The third kappa shape index (κ3) is 3.47. The lowest BCUT2D eigenvalue weighted by atomic mass is 9.93. The second kappa shape index (κ2) is 6.54. The molecule has 1 aliphatic heterocycles. The number of carbonyl (C=O) groups is 2. The fraction of sp³-hybridized carbons (Fsp3) is 0.412. The quantitative estimate of drug-likeness (QED) is 0.803. The third-order valence-electron chi connectivity index (χ3n) is 4.28. The smallest absolute Gasteiger partial charge is 0.325 e. The Kier molecular flexibility index (Phi) is 4.43. The first-order chi connectivity index (χ1) is 11.9. The van der Waals surface area contributed by atoms with Crippen LogP contribution in [0.15, 0.2) is 28.7 Å². The van der Waals surface area contributed by atoms with Gasteiger partial charge in [-0.2, -0.15) is 0 Å². The Hall–Kier alpha value is -2.90. The number of methoxy groups -OCH3 is 1. The number of aromatic nitrogens is 2. The van der Waals surface area contributed by atoms with Crippen molar-refractivity contribution in [2.45, 2.75) is 38.8 Å². The Bertz CT molecular complexity index is 786. The van der Waals surface area contributed by atoms with Gasteiger partial charge in [0, 0.05) is 6.92 Å². The van der Waals surface area contributed by atoms with E-state index in [1.54, 1.807) is 21.0 Å². The average Bonchev–Trinajstić information content (AvgIpc) is 3.10. The minimum absolute atomic E-state index is 0.0242. The monoisotopic (exact) mass is 344 g/mol. The van der Waals surface area contributed by atoms with Crippen molar-refractivity contribution in [2.24, 2.45) is 0 Å². The number of imide groups is 1. The van der Waals surface area contributed by atoms with Crippen LogP contribution in [0.2, 0.25) is 0 Å². The first-order valence-electron chi connectivity index (χ1n) is 7.97. The highest BCUT2D eigenvalue weighted by Crippen LogP contribution is 2.25. The number of urea groups is 1. The number of nitrogens with zero attached hydrogens (tertiary/aromatic N) is 3. The first-order valence-corrected chi connectivity index (χ1v) is 7.97. The zero-order valence-electron chi connectivity index (χ0n) is 14.4. The lowest BCUT2D eigenvalue weighted by Crippen LogP contribution is -2.44. The number of ether oxygens (including phenoxy) is 1. The van der Waals surface area contributed by atoms with Crippen LogP contribution < -0.4 is 10.1 Å². The van der Waals surface area contributed by atoms with Crippen LogP contribution in [0.3, 0.4) is 0 Å². The maximum Gasteiger partial charge on any atom is 0.325 e. The SMILES string of the molecule is COc1ccc(CC[C@]2(C)NC(=O)N(Cc3nnc(C)o3)C2=O)cc1. The summed E-state index contributed by atoms with van der Waals surface area (Å²) in [6.45, 7) is 3.36. The Labute approximate surface area is 145 Å². The van der Waals surface area contributed by atoms with Crippen molar-refractivity contribution >= 4 is 11.9 Å². The summed E-state index contributed by atoms with van der Waals surface area (Å²) in [5.74, 6) is 1.12. The molecule has 3 amide bonds. The van der Waals surface area contributed by atoms with E-state index in [1.165, 1.54) is 0 Å². The molecule has 132 valence electrons. The molecule has 0 radical (unpaired) electrons. The van der Waals surface area contributed by atoms with Gasteiger partial charge in [0.2, 0.25) is 11.8 Å². The molecule has 0 aliphatic carbocycles. The predicted octanol–water partition coefficient (Wildman–Crippen LogP) is 1.83. The zero-order valence-corrected chi connectivity index (χ0v) is 14.4. The predicted molar refractivity (Wildman–Crippen MR) is 87.8 cm³/mol. The lowest BCUT2D eigenvalue weighted by Gasteiger charge is -2.21.